The second-order valence-corrected chi connectivity index (χ2v) is 11.5. The van der Waals surface area contributed by atoms with Crippen LogP contribution in [0.4, 0.5) is 10.1 Å². The molecule has 0 heterocycles. The number of hydrogen-bond acceptors (Lipinski definition) is 4. The molecule has 198 valence electrons. The van der Waals surface area contributed by atoms with E-state index in [1.165, 1.54) is 11.0 Å². The average Bonchev–Trinajstić information content (AvgIpc) is 2.80. The molecule has 0 fully saturated rings. The summed E-state index contributed by atoms with van der Waals surface area (Å²) in [6.07, 6.45) is 1.84. The molecule has 1 N–H and O–H groups in total. The number of sulfonamides is 1. The molecule has 0 aromatic heterocycles. The summed E-state index contributed by atoms with van der Waals surface area (Å²) < 4.78 is 39.7. The topological polar surface area (TPSA) is 86.8 Å². The molecule has 36 heavy (non-hydrogen) atoms. The fourth-order valence-electron chi connectivity index (χ4n) is 3.47. The number of hydrogen-bond donors (Lipinski definition) is 1. The van der Waals surface area contributed by atoms with Crippen molar-refractivity contribution in [3.8, 4) is 0 Å². The zero-order valence-electron chi connectivity index (χ0n) is 20.4. The molecule has 2 aromatic rings. The van der Waals surface area contributed by atoms with Gasteiger partial charge in [0, 0.05) is 28.2 Å². The third-order valence-corrected chi connectivity index (χ3v) is 7.79. The lowest BCUT2D eigenvalue weighted by Crippen LogP contribution is -2.53. The Morgan fingerprint density at radius 2 is 1.64 bits per heavy atom. The van der Waals surface area contributed by atoms with Crippen molar-refractivity contribution in [1.29, 1.82) is 0 Å². The Morgan fingerprint density at radius 3 is 2.14 bits per heavy atom. The van der Waals surface area contributed by atoms with Crippen molar-refractivity contribution >= 4 is 62.3 Å². The highest BCUT2D eigenvalue weighted by Gasteiger charge is 2.33. The molecular weight excluding hydrogens is 552 g/mol. The number of carbonyl (C=O) groups excluding carboxylic acids is 2. The second-order valence-electron chi connectivity index (χ2n) is 8.33. The first-order chi connectivity index (χ1) is 16.8. The van der Waals surface area contributed by atoms with Crippen molar-refractivity contribution in [3.63, 3.8) is 0 Å². The van der Waals surface area contributed by atoms with Crippen molar-refractivity contribution in [2.45, 2.75) is 52.2 Å². The van der Waals surface area contributed by atoms with Crippen LogP contribution >= 0.6 is 34.8 Å². The first-order valence-electron chi connectivity index (χ1n) is 11.3. The molecule has 2 aromatic carbocycles. The maximum Gasteiger partial charge on any atom is 0.244 e. The Morgan fingerprint density at radius 1 is 1.03 bits per heavy atom. The van der Waals surface area contributed by atoms with Crippen molar-refractivity contribution < 1.29 is 22.4 Å². The Hall–Kier alpha value is -2.07. The summed E-state index contributed by atoms with van der Waals surface area (Å²) in [5, 5.41) is 3.16. The average molecular weight is 581 g/mol. The summed E-state index contributed by atoms with van der Waals surface area (Å²) in [7, 11) is -3.99. The fourth-order valence-corrected chi connectivity index (χ4v) is 5.00. The number of nitrogens with zero attached hydrogens (tertiary/aromatic N) is 2. The Balaban J connectivity index is 2.52. The van der Waals surface area contributed by atoms with Crippen molar-refractivity contribution in [2.24, 2.45) is 0 Å². The Bertz CT molecular complexity index is 1190. The van der Waals surface area contributed by atoms with E-state index >= 15 is 0 Å². The maximum atomic E-state index is 13.7. The molecular formula is C24H29Cl3FN3O4S. The molecule has 0 saturated heterocycles. The minimum absolute atomic E-state index is 0.00470. The first-order valence-corrected chi connectivity index (χ1v) is 14.2. The van der Waals surface area contributed by atoms with Crippen LogP contribution in [0.2, 0.25) is 15.1 Å². The minimum Gasteiger partial charge on any atom is -0.352 e. The molecule has 0 spiro atoms. The summed E-state index contributed by atoms with van der Waals surface area (Å²) in [5.41, 5.74) is 0.421. The molecule has 0 aliphatic heterocycles. The molecule has 0 saturated carbocycles. The molecule has 0 bridgehead atoms. The summed E-state index contributed by atoms with van der Waals surface area (Å²) in [5.74, 6) is -1.80. The van der Waals surface area contributed by atoms with E-state index in [1.54, 1.807) is 25.1 Å². The second kappa shape index (κ2) is 12.9. The highest BCUT2D eigenvalue weighted by atomic mass is 35.5. The van der Waals surface area contributed by atoms with Gasteiger partial charge in [-0.3, -0.25) is 13.9 Å². The number of halogens is 4. The van der Waals surface area contributed by atoms with Gasteiger partial charge in [0.25, 0.3) is 0 Å². The van der Waals surface area contributed by atoms with Gasteiger partial charge in [-0.1, -0.05) is 54.7 Å². The highest BCUT2D eigenvalue weighted by Crippen LogP contribution is 2.28. The van der Waals surface area contributed by atoms with Crippen LogP contribution in [-0.4, -0.2) is 50.0 Å². The quantitative estimate of drug-likeness (QED) is 0.392. The number of anilines is 1. The van der Waals surface area contributed by atoms with Crippen molar-refractivity contribution in [2.75, 3.05) is 17.1 Å². The van der Waals surface area contributed by atoms with Gasteiger partial charge in [-0.05, 0) is 50.1 Å². The number of carbonyl (C=O) groups is 2. The van der Waals surface area contributed by atoms with Crippen LogP contribution in [0.3, 0.4) is 0 Å². The van der Waals surface area contributed by atoms with E-state index in [0.717, 1.165) is 22.7 Å². The molecule has 0 aliphatic carbocycles. The lowest BCUT2D eigenvalue weighted by molar-refractivity contribution is -0.140. The van der Waals surface area contributed by atoms with Crippen LogP contribution in [-0.2, 0) is 26.2 Å². The minimum atomic E-state index is -3.99. The van der Waals surface area contributed by atoms with E-state index < -0.39 is 34.3 Å². The van der Waals surface area contributed by atoms with E-state index in [0.29, 0.717) is 22.0 Å². The number of amides is 2. The van der Waals surface area contributed by atoms with Crippen molar-refractivity contribution in [1.82, 2.24) is 10.2 Å². The van der Waals surface area contributed by atoms with E-state index in [4.69, 9.17) is 34.8 Å². The van der Waals surface area contributed by atoms with Crippen LogP contribution in [0.1, 0.15) is 39.2 Å². The Labute approximate surface area is 226 Å². The summed E-state index contributed by atoms with van der Waals surface area (Å²) in [4.78, 5) is 28.0. The van der Waals surface area contributed by atoms with Crippen LogP contribution in [0, 0.1) is 5.82 Å². The lowest BCUT2D eigenvalue weighted by Gasteiger charge is -2.33. The van der Waals surface area contributed by atoms with Crippen LogP contribution < -0.4 is 9.62 Å². The van der Waals surface area contributed by atoms with Crippen LogP contribution in [0.5, 0.6) is 0 Å². The van der Waals surface area contributed by atoms with Crippen molar-refractivity contribution in [3.05, 3.63) is 62.8 Å². The molecule has 12 heteroatoms. The predicted molar refractivity (Wildman–Crippen MR) is 143 cm³/mol. The molecule has 0 radical (unpaired) electrons. The molecule has 0 unspecified atom stereocenters. The summed E-state index contributed by atoms with van der Waals surface area (Å²) in [6, 6.07) is 7.13. The third-order valence-electron chi connectivity index (χ3n) is 5.65. The van der Waals surface area contributed by atoms with Gasteiger partial charge in [-0.25, -0.2) is 12.8 Å². The number of benzene rings is 2. The van der Waals surface area contributed by atoms with Crippen LogP contribution in [0.15, 0.2) is 36.4 Å². The molecule has 0 aliphatic rings. The van der Waals surface area contributed by atoms with Gasteiger partial charge in [-0.15, -0.1) is 0 Å². The fraction of sp³-hybridized carbons (Fsp3) is 0.417. The molecule has 2 atom stereocenters. The van der Waals surface area contributed by atoms with Gasteiger partial charge < -0.3 is 10.2 Å². The standard InChI is InChI=1S/C24H29Cl3FN3O4S/c1-5-15(3)29-24(33)22(6-2)30(13-17-18(25)8-7-9-19(17)26)23(32)14-31(36(4,34)35)16-10-11-21(28)20(27)12-16/h7-12,15,22H,5-6,13-14H2,1-4H3,(H,29,33)/t15-,22-/m1/s1. The zero-order chi connectivity index (χ0) is 27.2. The van der Waals surface area contributed by atoms with E-state index in [-0.39, 0.29) is 35.6 Å². The van der Waals surface area contributed by atoms with Gasteiger partial charge in [0.2, 0.25) is 21.8 Å². The van der Waals surface area contributed by atoms with Gasteiger partial charge in [0.05, 0.1) is 17.0 Å². The number of rotatable bonds is 11. The maximum absolute atomic E-state index is 13.7. The van der Waals surface area contributed by atoms with E-state index in [9.17, 15) is 22.4 Å². The smallest absolute Gasteiger partial charge is 0.244 e. The van der Waals surface area contributed by atoms with E-state index in [2.05, 4.69) is 5.32 Å². The highest BCUT2D eigenvalue weighted by molar-refractivity contribution is 7.92. The lowest BCUT2D eigenvalue weighted by atomic mass is 10.1. The van der Waals surface area contributed by atoms with E-state index in [1.807, 2.05) is 13.8 Å². The Kier molecular flexibility index (Phi) is 10.8. The number of nitrogens with one attached hydrogen (secondary N) is 1. The van der Waals surface area contributed by atoms with Crippen LogP contribution in [0.25, 0.3) is 0 Å². The predicted octanol–water partition coefficient (Wildman–Crippen LogP) is 5.27. The third kappa shape index (κ3) is 7.71. The first kappa shape index (κ1) is 30.2. The normalized spacial score (nSPS) is 13.1. The SMILES string of the molecule is CC[C@@H](C)NC(=O)[C@@H](CC)N(Cc1c(Cl)cccc1Cl)C(=O)CN(c1ccc(F)c(Cl)c1)S(C)(=O)=O. The summed E-state index contributed by atoms with van der Waals surface area (Å²) >= 11 is 18.5. The monoisotopic (exact) mass is 579 g/mol. The van der Waals surface area contributed by atoms with Gasteiger partial charge in [0.15, 0.2) is 0 Å². The van der Waals surface area contributed by atoms with Gasteiger partial charge >= 0.3 is 0 Å². The zero-order valence-corrected chi connectivity index (χ0v) is 23.5. The molecule has 7 nitrogen and oxygen atoms in total. The van der Waals surface area contributed by atoms with Gasteiger partial charge in [0.1, 0.15) is 18.4 Å². The molecule has 2 amide bonds. The van der Waals surface area contributed by atoms with Gasteiger partial charge in [-0.2, -0.15) is 0 Å². The largest absolute Gasteiger partial charge is 0.352 e. The molecule has 2 rings (SSSR count). The summed E-state index contributed by atoms with van der Waals surface area (Å²) in [6.45, 7) is 4.70.